The summed E-state index contributed by atoms with van der Waals surface area (Å²) in [6, 6.07) is 24.7. The van der Waals surface area contributed by atoms with Crippen LogP contribution in [0.2, 0.25) is 0 Å². The first-order chi connectivity index (χ1) is 23.5. The lowest BCUT2D eigenvalue weighted by atomic mass is 9.88. The number of carbonyl (C=O) groups excluding carboxylic acids is 2. The Morgan fingerprint density at radius 3 is 2.29 bits per heavy atom. The van der Waals surface area contributed by atoms with Crippen LogP contribution in [-0.4, -0.2) is 82.1 Å². The molecule has 8 nitrogen and oxygen atoms in total. The molecule has 2 amide bonds. The van der Waals surface area contributed by atoms with E-state index in [2.05, 4.69) is 39.8 Å². The van der Waals surface area contributed by atoms with Crippen LogP contribution in [0.4, 0.5) is 4.79 Å². The third kappa shape index (κ3) is 11.3. The molecule has 1 saturated heterocycles. The molecule has 0 saturated carbocycles. The Bertz CT molecular complexity index is 1490. The number of carbonyl (C=O) groups is 2. The van der Waals surface area contributed by atoms with Gasteiger partial charge in [0.25, 0.3) is 0 Å². The Kier molecular flexibility index (Phi) is 13.2. The van der Waals surface area contributed by atoms with Gasteiger partial charge >= 0.3 is 6.09 Å². The Labute approximate surface area is 296 Å². The van der Waals surface area contributed by atoms with Crippen molar-refractivity contribution in [1.29, 1.82) is 0 Å². The van der Waals surface area contributed by atoms with Crippen molar-refractivity contribution in [1.82, 2.24) is 15.5 Å². The molecule has 1 aliphatic heterocycles. The van der Waals surface area contributed by atoms with E-state index in [4.69, 9.17) is 4.74 Å². The first-order valence-corrected chi connectivity index (χ1v) is 18.8. The van der Waals surface area contributed by atoms with Crippen molar-refractivity contribution in [2.75, 3.05) is 31.1 Å². The first-order valence-electron chi connectivity index (χ1n) is 17.7. The van der Waals surface area contributed by atoms with Crippen LogP contribution in [-0.2, 0) is 35.2 Å². The quantitative estimate of drug-likeness (QED) is 0.178. The van der Waals surface area contributed by atoms with Crippen molar-refractivity contribution >= 4 is 23.8 Å². The Balaban J connectivity index is 1.31. The van der Waals surface area contributed by atoms with Gasteiger partial charge in [-0.1, -0.05) is 78.9 Å². The largest absolute Gasteiger partial charge is 0.444 e. The maximum atomic E-state index is 14.1. The molecule has 1 heterocycles. The van der Waals surface area contributed by atoms with Crippen molar-refractivity contribution in [3.63, 3.8) is 0 Å². The second kappa shape index (κ2) is 17.5. The normalized spacial score (nSPS) is 19.8. The predicted octanol–water partition coefficient (Wildman–Crippen LogP) is 5.49. The summed E-state index contributed by atoms with van der Waals surface area (Å²) in [5.74, 6) is 1.58. The third-order valence-corrected chi connectivity index (χ3v) is 10.4. The summed E-state index contributed by atoms with van der Waals surface area (Å²) in [5, 5.41) is 28.7. The van der Waals surface area contributed by atoms with Gasteiger partial charge in [-0.2, -0.15) is 11.8 Å². The number of amides is 2. The molecule has 0 aromatic heterocycles. The van der Waals surface area contributed by atoms with Crippen LogP contribution >= 0.6 is 11.8 Å². The van der Waals surface area contributed by atoms with Gasteiger partial charge in [-0.3, -0.25) is 4.79 Å². The molecule has 1 aliphatic carbocycles. The fourth-order valence-corrected chi connectivity index (χ4v) is 7.80. The van der Waals surface area contributed by atoms with Gasteiger partial charge in [0.15, 0.2) is 0 Å². The number of aliphatic hydroxyl groups excluding tert-OH is 2. The zero-order valence-corrected chi connectivity index (χ0v) is 30.0. The van der Waals surface area contributed by atoms with Gasteiger partial charge in [-0.25, -0.2) is 4.79 Å². The number of benzene rings is 3. The molecule has 0 spiro atoms. The number of nitrogens with zero attached hydrogens (tertiary/aromatic N) is 1. The summed E-state index contributed by atoms with van der Waals surface area (Å²) in [7, 11) is 0. The molecule has 264 valence electrons. The molecule has 0 radical (unpaired) electrons. The van der Waals surface area contributed by atoms with E-state index in [1.807, 2.05) is 66.4 Å². The zero-order chi connectivity index (χ0) is 34.8. The summed E-state index contributed by atoms with van der Waals surface area (Å²) < 4.78 is 5.54. The summed E-state index contributed by atoms with van der Waals surface area (Å²) in [4.78, 5) is 29.5. The highest BCUT2D eigenvalue weighted by Crippen LogP contribution is 2.32. The van der Waals surface area contributed by atoms with Crippen LogP contribution in [0.25, 0.3) is 0 Å². The molecule has 1 fully saturated rings. The average molecular weight is 688 g/mol. The van der Waals surface area contributed by atoms with Crippen LogP contribution in [0.3, 0.4) is 0 Å². The van der Waals surface area contributed by atoms with Crippen molar-refractivity contribution in [2.45, 2.75) is 89.2 Å². The predicted molar refractivity (Wildman–Crippen MR) is 197 cm³/mol. The van der Waals surface area contributed by atoms with Gasteiger partial charge in [0.2, 0.25) is 5.91 Å². The lowest BCUT2D eigenvalue weighted by Gasteiger charge is -2.30. The highest BCUT2D eigenvalue weighted by Gasteiger charge is 2.35. The second-order valence-electron chi connectivity index (χ2n) is 14.5. The summed E-state index contributed by atoms with van der Waals surface area (Å²) in [6.45, 7) is 8.84. The van der Waals surface area contributed by atoms with Gasteiger partial charge in [-0.15, -0.1) is 0 Å². The van der Waals surface area contributed by atoms with Gasteiger partial charge in [0, 0.05) is 36.9 Å². The Morgan fingerprint density at radius 1 is 0.918 bits per heavy atom. The smallest absolute Gasteiger partial charge is 0.407 e. The summed E-state index contributed by atoms with van der Waals surface area (Å²) in [6.07, 6.45) is 1.09. The first kappa shape index (κ1) is 36.9. The molecule has 3 aromatic rings. The van der Waals surface area contributed by atoms with E-state index in [1.165, 1.54) is 30.2 Å². The number of ether oxygens (including phenoxy) is 1. The zero-order valence-electron chi connectivity index (χ0n) is 29.1. The Hall–Kier alpha value is -3.37. The van der Waals surface area contributed by atoms with E-state index >= 15 is 0 Å². The van der Waals surface area contributed by atoms with Crippen molar-refractivity contribution in [3.8, 4) is 0 Å². The second-order valence-corrected chi connectivity index (χ2v) is 15.7. The van der Waals surface area contributed by atoms with E-state index in [1.54, 1.807) is 20.8 Å². The van der Waals surface area contributed by atoms with Gasteiger partial charge in [0.1, 0.15) is 5.60 Å². The minimum Gasteiger partial charge on any atom is -0.444 e. The maximum Gasteiger partial charge on any atom is 0.407 e. The van der Waals surface area contributed by atoms with Gasteiger partial charge in [0.05, 0.1) is 24.3 Å². The number of hydrogen-bond donors (Lipinski definition) is 4. The van der Waals surface area contributed by atoms with E-state index < -0.39 is 41.9 Å². The lowest BCUT2D eigenvalue weighted by Crippen LogP contribution is -2.48. The third-order valence-electron chi connectivity index (χ3n) is 9.41. The lowest BCUT2D eigenvalue weighted by molar-refractivity contribution is -0.127. The highest BCUT2D eigenvalue weighted by atomic mass is 32.2. The topological polar surface area (TPSA) is 111 Å². The maximum absolute atomic E-state index is 14.1. The average Bonchev–Trinajstić information content (AvgIpc) is 3.39. The van der Waals surface area contributed by atoms with Crippen LogP contribution in [0.5, 0.6) is 0 Å². The van der Waals surface area contributed by atoms with Gasteiger partial charge < -0.3 is 30.5 Å². The number of hydrogen-bond acceptors (Lipinski definition) is 7. The monoisotopic (exact) mass is 687 g/mol. The van der Waals surface area contributed by atoms with Crippen LogP contribution < -0.4 is 10.6 Å². The number of thioether (sulfide) groups is 1. The van der Waals surface area contributed by atoms with E-state index in [0.717, 1.165) is 41.6 Å². The van der Waals surface area contributed by atoms with E-state index in [9.17, 15) is 19.8 Å². The van der Waals surface area contributed by atoms with E-state index in [0.29, 0.717) is 19.3 Å². The number of aliphatic hydroxyl groups is 2. The van der Waals surface area contributed by atoms with Crippen molar-refractivity contribution < 1.29 is 24.5 Å². The molecule has 3 aromatic carbocycles. The summed E-state index contributed by atoms with van der Waals surface area (Å²) in [5.41, 5.74) is 4.46. The standard InChI is InChI=1S/C40H53N3O5S/c1-40(2,3)48-39(47)41-34(25-29-10-5-4-6-11-29)35(44)27-32(38(46)42-37-33-14-8-7-13-31(33)26-36(37)45)24-30-17-15-28(16-18-30)12-9-19-43-20-22-49-23-21-43/h4-8,10-11,13-18,32,34-37,44-45H,9,12,19-27H2,1-3H3,(H,41,47)(H,42,46)/t32?,34?,35?,36-,37-/m0/s1. The SMILES string of the molecule is CC(C)(C)OC(=O)NC(Cc1ccccc1)C(O)CC(Cc1ccc(CCCN2CCSCC2)cc1)C(=O)N[C@H]1c2ccccc2C[C@@H]1O. The van der Waals surface area contributed by atoms with Crippen LogP contribution in [0.1, 0.15) is 67.5 Å². The molecule has 5 atom stereocenters. The molecule has 9 heteroatoms. The van der Waals surface area contributed by atoms with Crippen LogP contribution in [0, 0.1) is 5.92 Å². The highest BCUT2D eigenvalue weighted by molar-refractivity contribution is 7.99. The molecule has 0 bridgehead atoms. The van der Waals surface area contributed by atoms with Crippen LogP contribution in [0.15, 0.2) is 78.9 Å². The number of alkyl carbamates (subject to hydrolysis) is 1. The number of nitrogens with one attached hydrogen (secondary N) is 2. The minimum atomic E-state index is -1.04. The summed E-state index contributed by atoms with van der Waals surface area (Å²) >= 11 is 2.03. The fraction of sp³-hybridized carbons (Fsp3) is 0.500. The fourth-order valence-electron chi connectivity index (χ4n) is 6.83. The molecular formula is C40H53N3O5S. The molecular weight excluding hydrogens is 635 g/mol. The van der Waals surface area contributed by atoms with Crippen molar-refractivity contribution in [3.05, 3.63) is 107 Å². The Morgan fingerprint density at radius 2 is 1.57 bits per heavy atom. The number of aryl methyl sites for hydroxylation is 1. The molecule has 49 heavy (non-hydrogen) atoms. The van der Waals surface area contributed by atoms with Crippen molar-refractivity contribution in [2.24, 2.45) is 5.92 Å². The van der Waals surface area contributed by atoms with E-state index in [-0.39, 0.29) is 12.3 Å². The molecule has 5 rings (SSSR count). The molecule has 2 aliphatic rings. The van der Waals surface area contributed by atoms with Gasteiger partial charge in [-0.05, 0) is 87.2 Å². The number of fused-ring (bicyclic) bond motifs is 1. The molecule has 3 unspecified atom stereocenters. The molecule has 4 N–H and O–H groups in total. The minimum absolute atomic E-state index is 0.111. The number of rotatable bonds is 14.